The number of benzene rings is 2. The lowest BCUT2D eigenvalue weighted by molar-refractivity contribution is 0.413. The van der Waals surface area contributed by atoms with E-state index in [9.17, 15) is 8.42 Å². The molecule has 1 heterocycles. The van der Waals surface area contributed by atoms with E-state index in [1.807, 2.05) is 0 Å². The number of nitrogens with one attached hydrogen (secondary N) is 1. The normalized spacial score (nSPS) is 16.4. The van der Waals surface area contributed by atoms with Crippen molar-refractivity contribution in [2.45, 2.75) is 44.6 Å². The second-order valence-corrected chi connectivity index (χ2v) is 8.92. The average Bonchev–Trinajstić information content (AvgIpc) is 2.93. The predicted molar refractivity (Wildman–Crippen MR) is 109 cm³/mol. The van der Waals surface area contributed by atoms with E-state index >= 15 is 0 Å². The molecule has 6 heteroatoms. The third-order valence-electron chi connectivity index (χ3n) is 5.15. The molecule has 1 atom stereocenters. The molecule has 2 aromatic rings. The Morgan fingerprint density at radius 1 is 1.19 bits per heavy atom. The van der Waals surface area contributed by atoms with Gasteiger partial charge in [-0.15, -0.1) is 0 Å². The average molecular weight is 389 g/mol. The Morgan fingerprint density at radius 3 is 2.52 bits per heavy atom. The Balaban J connectivity index is 1.62. The smallest absolute Gasteiger partial charge is 0.241 e. The molecular weight excluding hydrogens is 360 g/mol. The van der Waals surface area contributed by atoms with E-state index in [0.717, 1.165) is 19.4 Å². The third-order valence-corrected chi connectivity index (χ3v) is 6.92. The quantitative estimate of drug-likeness (QED) is 0.739. The van der Waals surface area contributed by atoms with Gasteiger partial charge >= 0.3 is 0 Å². The fraction of sp³-hybridized carbons (Fsp3) is 0.429. The number of anilines is 1. The maximum atomic E-state index is 12.8. The molecule has 1 N–H and O–H groups in total. The van der Waals surface area contributed by atoms with Crippen LogP contribution >= 0.6 is 0 Å². The van der Waals surface area contributed by atoms with Crippen LogP contribution in [0.15, 0.2) is 41.3 Å². The molecule has 1 aliphatic rings. The maximum Gasteiger partial charge on any atom is 0.241 e. The zero-order valence-electron chi connectivity index (χ0n) is 16.5. The predicted octanol–water partition coefficient (Wildman–Crippen LogP) is 3.43. The zero-order chi connectivity index (χ0) is 19.6. The summed E-state index contributed by atoms with van der Waals surface area (Å²) in [6.45, 7) is 7.06. The van der Waals surface area contributed by atoms with Gasteiger partial charge in [0.15, 0.2) is 0 Å². The number of hydrogen-bond donors (Lipinski definition) is 1. The second kappa shape index (κ2) is 7.90. The van der Waals surface area contributed by atoms with E-state index in [2.05, 4.69) is 40.8 Å². The number of hydrogen-bond acceptors (Lipinski definition) is 4. The van der Waals surface area contributed by atoms with Crippen LogP contribution < -0.4 is 14.4 Å². The number of rotatable bonds is 7. The molecule has 1 aliphatic heterocycles. The molecule has 0 amide bonds. The maximum absolute atomic E-state index is 12.8. The molecule has 0 aliphatic carbocycles. The molecule has 0 spiro atoms. The molecule has 0 bridgehead atoms. The van der Waals surface area contributed by atoms with E-state index in [1.54, 1.807) is 33.1 Å². The van der Waals surface area contributed by atoms with Crippen molar-refractivity contribution in [2.24, 2.45) is 0 Å². The molecule has 0 aromatic heterocycles. The Morgan fingerprint density at radius 2 is 1.85 bits per heavy atom. The summed E-state index contributed by atoms with van der Waals surface area (Å²) in [5, 5.41) is 0. The number of fused-ring (bicyclic) bond motifs is 1. The lowest BCUT2D eigenvalue weighted by Gasteiger charge is -2.25. The van der Waals surface area contributed by atoms with Crippen molar-refractivity contribution in [3.8, 4) is 5.75 Å². The number of sulfonamides is 1. The van der Waals surface area contributed by atoms with Gasteiger partial charge < -0.3 is 9.64 Å². The van der Waals surface area contributed by atoms with Crippen LogP contribution in [0.2, 0.25) is 0 Å². The van der Waals surface area contributed by atoms with Gasteiger partial charge in [0.1, 0.15) is 5.75 Å². The van der Waals surface area contributed by atoms with Gasteiger partial charge in [0.05, 0.1) is 12.0 Å². The first-order valence-electron chi connectivity index (χ1n) is 9.33. The van der Waals surface area contributed by atoms with Crippen LogP contribution in [0.4, 0.5) is 5.69 Å². The Labute approximate surface area is 162 Å². The largest absolute Gasteiger partial charge is 0.497 e. The van der Waals surface area contributed by atoms with E-state index in [1.165, 1.54) is 11.3 Å². The van der Waals surface area contributed by atoms with Crippen molar-refractivity contribution in [1.29, 1.82) is 0 Å². The van der Waals surface area contributed by atoms with E-state index < -0.39 is 10.0 Å². The highest BCUT2D eigenvalue weighted by Crippen LogP contribution is 2.31. The van der Waals surface area contributed by atoms with Gasteiger partial charge in [-0.25, -0.2) is 13.1 Å². The van der Waals surface area contributed by atoms with Crippen LogP contribution in [0.3, 0.4) is 0 Å². The first-order valence-corrected chi connectivity index (χ1v) is 10.8. The topological polar surface area (TPSA) is 58.6 Å². The second-order valence-electron chi connectivity index (χ2n) is 7.22. The first kappa shape index (κ1) is 19.7. The molecule has 0 fully saturated rings. The fourth-order valence-corrected chi connectivity index (χ4v) is 5.47. The minimum atomic E-state index is -3.54. The molecule has 0 saturated heterocycles. The van der Waals surface area contributed by atoms with Crippen molar-refractivity contribution in [3.05, 3.63) is 53.1 Å². The van der Waals surface area contributed by atoms with Gasteiger partial charge in [-0.3, -0.25) is 0 Å². The highest BCUT2D eigenvalue weighted by molar-refractivity contribution is 7.89. The van der Waals surface area contributed by atoms with Gasteiger partial charge in [0.2, 0.25) is 10.0 Å². The highest BCUT2D eigenvalue weighted by Gasteiger charge is 2.25. The van der Waals surface area contributed by atoms with Crippen molar-refractivity contribution in [1.82, 2.24) is 4.72 Å². The monoisotopic (exact) mass is 388 g/mol. The zero-order valence-corrected chi connectivity index (χ0v) is 17.3. The first-order chi connectivity index (χ1) is 12.8. The minimum absolute atomic E-state index is 0.350. The van der Waals surface area contributed by atoms with Gasteiger partial charge in [-0.05, 0) is 68.5 Å². The van der Waals surface area contributed by atoms with Crippen molar-refractivity contribution >= 4 is 15.7 Å². The molecule has 2 aromatic carbocycles. The molecule has 3 rings (SSSR count). The van der Waals surface area contributed by atoms with Crippen LogP contribution in [0.25, 0.3) is 0 Å². The summed E-state index contributed by atoms with van der Waals surface area (Å²) in [4.78, 5) is 2.72. The molecule has 27 heavy (non-hydrogen) atoms. The standard InChI is InChI=1S/C21H28N2O3S/c1-15-12-19(26-4)13-16(2)21(15)27(24,25)22-10-7-11-23-17(3)14-18-8-5-6-9-20(18)23/h5-6,8-9,12-13,17,22H,7,10-11,14H2,1-4H3. The van der Waals surface area contributed by atoms with Gasteiger partial charge in [0, 0.05) is 24.8 Å². The van der Waals surface area contributed by atoms with Gasteiger partial charge in [-0.1, -0.05) is 18.2 Å². The van der Waals surface area contributed by atoms with Gasteiger partial charge in [0.25, 0.3) is 0 Å². The van der Waals surface area contributed by atoms with Crippen molar-refractivity contribution in [3.63, 3.8) is 0 Å². The third kappa shape index (κ3) is 4.12. The summed E-state index contributed by atoms with van der Waals surface area (Å²) in [5.74, 6) is 0.672. The van der Waals surface area contributed by atoms with E-state index in [-0.39, 0.29) is 0 Å². The molecular formula is C21H28N2O3S. The Hall–Kier alpha value is -2.05. The van der Waals surface area contributed by atoms with Gasteiger partial charge in [-0.2, -0.15) is 0 Å². The highest BCUT2D eigenvalue weighted by atomic mass is 32.2. The van der Waals surface area contributed by atoms with Crippen LogP contribution in [-0.2, 0) is 16.4 Å². The molecule has 5 nitrogen and oxygen atoms in total. The van der Waals surface area contributed by atoms with E-state index in [4.69, 9.17) is 4.74 Å². The summed E-state index contributed by atoms with van der Waals surface area (Å²) in [7, 11) is -1.96. The van der Waals surface area contributed by atoms with Crippen LogP contribution in [0, 0.1) is 13.8 Å². The lowest BCUT2D eigenvalue weighted by Crippen LogP contribution is -2.33. The van der Waals surface area contributed by atoms with E-state index in [0.29, 0.717) is 34.4 Å². The van der Waals surface area contributed by atoms with Crippen LogP contribution in [0.5, 0.6) is 5.75 Å². The molecule has 1 unspecified atom stereocenters. The van der Waals surface area contributed by atoms with Crippen LogP contribution in [-0.4, -0.2) is 34.7 Å². The molecule has 0 radical (unpaired) electrons. The summed E-state index contributed by atoms with van der Waals surface area (Å²) in [5.41, 5.74) is 4.03. The summed E-state index contributed by atoms with van der Waals surface area (Å²) in [6.07, 6.45) is 1.80. The Bertz CT molecular complexity index is 902. The fourth-order valence-electron chi connectivity index (χ4n) is 3.95. The van der Waals surface area contributed by atoms with Crippen molar-refractivity contribution in [2.75, 3.05) is 25.1 Å². The summed E-state index contributed by atoms with van der Waals surface area (Å²) >= 11 is 0. The number of ether oxygens (including phenoxy) is 1. The number of nitrogens with zero attached hydrogens (tertiary/aromatic N) is 1. The minimum Gasteiger partial charge on any atom is -0.497 e. The number of para-hydroxylation sites is 1. The SMILES string of the molecule is COc1cc(C)c(S(=O)(=O)NCCCN2c3ccccc3CC2C)c(C)c1. The lowest BCUT2D eigenvalue weighted by atomic mass is 10.1. The number of methoxy groups -OCH3 is 1. The van der Waals surface area contributed by atoms with Crippen LogP contribution in [0.1, 0.15) is 30.0 Å². The molecule has 146 valence electrons. The Kier molecular flexibility index (Phi) is 5.77. The van der Waals surface area contributed by atoms with Crippen molar-refractivity contribution < 1.29 is 13.2 Å². The summed E-state index contributed by atoms with van der Waals surface area (Å²) < 4.78 is 33.5. The molecule has 0 saturated carbocycles. The number of aryl methyl sites for hydroxylation is 2. The summed E-state index contributed by atoms with van der Waals surface area (Å²) in [6, 6.07) is 12.4.